The zero-order chi connectivity index (χ0) is 21.2. The molecule has 1 aliphatic carbocycles. The highest BCUT2D eigenvalue weighted by Crippen LogP contribution is 2.36. The zero-order valence-electron chi connectivity index (χ0n) is 15.7. The molecule has 0 aliphatic heterocycles. The lowest BCUT2D eigenvalue weighted by atomic mass is 9.85. The van der Waals surface area contributed by atoms with Crippen molar-refractivity contribution in [3.05, 3.63) is 41.5 Å². The molecule has 1 saturated carbocycles. The van der Waals surface area contributed by atoms with E-state index in [4.69, 9.17) is 0 Å². The third kappa shape index (κ3) is 4.91. The Hall–Kier alpha value is -2.52. The van der Waals surface area contributed by atoms with Crippen molar-refractivity contribution in [3.8, 4) is 0 Å². The van der Waals surface area contributed by atoms with Crippen molar-refractivity contribution in [1.82, 2.24) is 14.8 Å². The van der Waals surface area contributed by atoms with Gasteiger partial charge in [0.05, 0.1) is 11.7 Å². The number of hydrogen-bond donors (Lipinski definition) is 1. The van der Waals surface area contributed by atoms with Crippen LogP contribution < -0.4 is 5.32 Å². The van der Waals surface area contributed by atoms with Gasteiger partial charge in [-0.15, -0.1) is 0 Å². The van der Waals surface area contributed by atoms with E-state index in [2.05, 4.69) is 22.3 Å². The van der Waals surface area contributed by atoms with Gasteiger partial charge in [0.25, 0.3) is 12.3 Å². The highest BCUT2D eigenvalue weighted by atomic mass is 19.4. The number of hydrogen-bond acceptors (Lipinski definition) is 3. The summed E-state index contributed by atoms with van der Waals surface area (Å²) >= 11 is 0. The van der Waals surface area contributed by atoms with Crippen LogP contribution in [0.25, 0.3) is 0 Å². The Morgan fingerprint density at radius 2 is 1.93 bits per heavy atom. The number of amides is 1. The monoisotopic (exact) mass is 416 g/mol. The number of carbonyl (C=O) groups is 1. The summed E-state index contributed by atoms with van der Waals surface area (Å²) in [6.07, 6.45) is -1.72. The molecule has 158 valence electrons. The number of anilines is 1. The Kier molecular flexibility index (Phi) is 6.18. The van der Waals surface area contributed by atoms with Crippen molar-refractivity contribution in [3.63, 3.8) is 0 Å². The van der Waals surface area contributed by atoms with Gasteiger partial charge in [-0.05, 0) is 43.7 Å². The van der Waals surface area contributed by atoms with E-state index in [-0.39, 0.29) is 11.7 Å². The molecule has 0 unspecified atom stereocenters. The lowest BCUT2D eigenvalue weighted by Crippen LogP contribution is -2.18. The second kappa shape index (κ2) is 8.46. The van der Waals surface area contributed by atoms with Gasteiger partial charge in [0.1, 0.15) is 11.4 Å². The van der Waals surface area contributed by atoms with Crippen LogP contribution >= 0.6 is 0 Å². The predicted octanol–water partition coefficient (Wildman–Crippen LogP) is 5.63. The molecule has 2 aromatic rings. The SMILES string of the molecule is CCC1CCC(n2cc(NC(=O)c3cccc(C(F)(F)F)n3)c(C(F)F)n2)CC1. The van der Waals surface area contributed by atoms with Crippen LogP contribution in [0.4, 0.5) is 27.6 Å². The minimum Gasteiger partial charge on any atom is -0.318 e. The topological polar surface area (TPSA) is 59.8 Å². The second-order valence-corrected chi connectivity index (χ2v) is 7.15. The molecule has 1 amide bonds. The van der Waals surface area contributed by atoms with E-state index in [0.717, 1.165) is 50.3 Å². The van der Waals surface area contributed by atoms with Gasteiger partial charge in [-0.2, -0.15) is 18.3 Å². The first kappa shape index (κ1) is 21.2. The predicted molar refractivity (Wildman–Crippen MR) is 95.7 cm³/mol. The quantitative estimate of drug-likeness (QED) is 0.643. The summed E-state index contributed by atoms with van der Waals surface area (Å²) in [5.41, 5.74) is -2.58. The standard InChI is InChI=1S/C19H21F5N4O/c1-2-11-6-8-12(9-7-11)28-10-14(16(27-28)17(20)21)26-18(29)13-4-3-5-15(25-13)19(22,23)24/h3-5,10-12,17H,2,6-9H2,1H3,(H,26,29). The second-order valence-electron chi connectivity index (χ2n) is 7.15. The van der Waals surface area contributed by atoms with Crippen LogP contribution in [-0.4, -0.2) is 20.7 Å². The van der Waals surface area contributed by atoms with Crippen LogP contribution in [0.15, 0.2) is 24.4 Å². The van der Waals surface area contributed by atoms with Crippen molar-refractivity contribution in [2.24, 2.45) is 5.92 Å². The highest BCUT2D eigenvalue weighted by molar-refractivity contribution is 6.03. The number of alkyl halides is 5. The summed E-state index contributed by atoms with van der Waals surface area (Å²) in [4.78, 5) is 15.6. The van der Waals surface area contributed by atoms with Crippen molar-refractivity contribution >= 4 is 11.6 Å². The molecule has 0 aromatic carbocycles. The number of nitrogens with zero attached hydrogens (tertiary/aromatic N) is 3. The van der Waals surface area contributed by atoms with E-state index in [1.54, 1.807) is 0 Å². The van der Waals surface area contributed by atoms with Gasteiger partial charge in [-0.25, -0.2) is 13.8 Å². The Morgan fingerprint density at radius 3 is 2.52 bits per heavy atom. The maximum Gasteiger partial charge on any atom is 0.433 e. The molecule has 2 heterocycles. The summed E-state index contributed by atoms with van der Waals surface area (Å²) in [5, 5.41) is 6.17. The number of aromatic nitrogens is 3. The van der Waals surface area contributed by atoms with Crippen molar-refractivity contribution in [2.75, 3.05) is 5.32 Å². The van der Waals surface area contributed by atoms with Crippen LogP contribution in [0.5, 0.6) is 0 Å². The van der Waals surface area contributed by atoms with Gasteiger partial charge in [0.2, 0.25) is 0 Å². The average molecular weight is 416 g/mol. The molecule has 5 nitrogen and oxygen atoms in total. The van der Waals surface area contributed by atoms with E-state index in [0.29, 0.717) is 5.92 Å². The number of carbonyl (C=O) groups excluding carboxylic acids is 1. The smallest absolute Gasteiger partial charge is 0.318 e. The molecule has 0 atom stereocenters. The number of pyridine rings is 1. The molecule has 3 rings (SSSR count). The molecule has 29 heavy (non-hydrogen) atoms. The summed E-state index contributed by atoms with van der Waals surface area (Å²) in [6, 6.07) is 2.80. The third-order valence-electron chi connectivity index (χ3n) is 5.26. The van der Waals surface area contributed by atoms with Gasteiger partial charge in [-0.1, -0.05) is 19.4 Å². The lowest BCUT2D eigenvalue weighted by molar-refractivity contribution is -0.141. The summed E-state index contributed by atoms with van der Waals surface area (Å²) in [7, 11) is 0. The molecule has 1 fully saturated rings. The summed E-state index contributed by atoms with van der Waals surface area (Å²) in [6.45, 7) is 2.11. The molecule has 1 aliphatic rings. The molecule has 2 aromatic heterocycles. The minimum absolute atomic E-state index is 0.0485. The first-order valence-electron chi connectivity index (χ1n) is 9.41. The molecule has 0 spiro atoms. The largest absolute Gasteiger partial charge is 0.433 e. The molecule has 0 bridgehead atoms. The molecule has 10 heteroatoms. The van der Waals surface area contributed by atoms with E-state index >= 15 is 0 Å². The zero-order valence-corrected chi connectivity index (χ0v) is 15.7. The van der Waals surface area contributed by atoms with Crippen LogP contribution in [0, 0.1) is 5.92 Å². The van der Waals surface area contributed by atoms with Gasteiger partial charge in [0.15, 0.2) is 5.69 Å². The first-order chi connectivity index (χ1) is 13.7. The van der Waals surface area contributed by atoms with Gasteiger partial charge in [0, 0.05) is 6.20 Å². The number of halogens is 5. The van der Waals surface area contributed by atoms with E-state index in [9.17, 15) is 26.7 Å². The molecular weight excluding hydrogens is 395 g/mol. The van der Waals surface area contributed by atoms with Crippen molar-refractivity contribution in [2.45, 2.75) is 57.7 Å². The van der Waals surface area contributed by atoms with Crippen molar-refractivity contribution < 1.29 is 26.7 Å². The minimum atomic E-state index is -4.72. The fourth-order valence-corrected chi connectivity index (χ4v) is 3.57. The maximum atomic E-state index is 13.4. The van der Waals surface area contributed by atoms with Crippen molar-refractivity contribution in [1.29, 1.82) is 0 Å². The fourth-order valence-electron chi connectivity index (χ4n) is 3.57. The van der Waals surface area contributed by atoms with Crippen LogP contribution in [-0.2, 0) is 6.18 Å². The van der Waals surface area contributed by atoms with Gasteiger partial charge >= 0.3 is 6.18 Å². The number of rotatable bonds is 5. The molecular formula is C19H21F5N4O. The van der Waals surface area contributed by atoms with E-state index < -0.39 is 35.6 Å². The van der Waals surface area contributed by atoms with Crippen LogP contribution in [0.2, 0.25) is 0 Å². The Bertz CT molecular complexity index is 857. The number of nitrogens with one attached hydrogen (secondary N) is 1. The summed E-state index contributed by atoms with van der Waals surface area (Å²) < 4.78 is 66.6. The van der Waals surface area contributed by atoms with E-state index in [1.165, 1.54) is 10.9 Å². The normalized spacial score (nSPS) is 20.1. The Balaban J connectivity index is 1.80. The fraction of sp³-hybridized carbons (Fsp3) is 0.526. The molecule has 0 saturated heterocycles. The highest BCUT2D eigenvalue weighted by Gasteiger charge is 2.33. The van der Waals surface area contributed by atoms with Crippen LogP contribution in [0.3, 0.4) is 0 Å². The van der Waals surface area contributed by atoms with E-state index in [1.807, 2.05) is 0 Å². The third-order valence-corrected chi connectivity index (χ3v) is 5.26. The summed E-state index contributed by atoms with van der Waals surface area (Å²) in [5.74, 6) is -0.394. The molecule has 1 N–H and O–H groups in total. The molecule has 0 radical (unpaired) electrons. The lowest BCUT2D eigenvalue weighted by Gasteiger charge is -2.27. The van der Waals surface area contributed by atoms with Gasteiger partial charge < -0.3 is 5.32 Å². The van der Waals surface area contributed by atoms with Gasteiger partial charge in [-0.3, -0.25) is 9.48 Å². The average Bonchev–Trinajstić information content (AvgIpc) is 3.11. The maximum absolute atomic E-state index is 13.4. The Morgan fingerprint density at radius 1 is 1.24 bits per heavy atom. The van der Waals surface area contributed by atoms with Crippen LogP contribution in [0.1, 0.15) is 73.4 Å². The Labute approximate surface area is 164 Å². The first-order valence-corrected chi connectivity index (χ1v) is 9.41.